The van der Waals surface area contributed by atoms with Crippen molar-refractivity contribution in [3.63, 3.8) is 0 Å². The van der Waals surface area contributed by atoms with Gasteiger partial charge in [0.25, 0.3) is 5.91 Å². The number of fused-ring (bicyclic) bond motifs is 2. The van der Waals surface area contributed by atoms with Gasteiger partial charge in [-0.3, -0.25) is 9.59 Å². The Morgan fingerprint density at radius 2 is 1.74 bits per heavy atom. The van der Waals surface area contributed by atoms with E-state index in [0.717, 1.165) is 16.7 Å². The summed E-state index contributed by atoms with van der Waals surface area (Å²) in [5.74, 6) is 0.0207. The molecule has 6 nitrogen and oxygen atoms in total. The predicted molar refractivity (Wildman–Crippen MR) is 130 cm³/mol. The quantitative estimate of drug-likeness (QED) is 0.462. The molecule has 1 amide bonds. The zero-order valence-electron chi connectivity index (χ0n) is 19.3. The smallest absolute Gasteiger partial charge is 0.290 e. The lowest BCUT2D eigenvalue weighted by Crippen LogP contribution is -2.31. The molecule has 0 fully saturated rings. The second kappa shape index (κ2) is 8.37. The van der Waals surface area contributed by atoms with Gasteiger partial charge in [0, 0.05) is 6.54 Å². The van der Waals surface area contributed by atoms with Crippen molar-refractivity contribution in [2.75, 3.05) is 13.7 Å². The van der Waals surface area contributed by atoms with E-state index >= 15 is 0 Å². The zero-order valence-corrected chi connectivity index (χ0v) is 19.3. The minimum absolute atomic E-state index is 0.0109. The lowest BCUT2D eigenvalue weighted by atomic mass is 9.97. The molecule has 4 aromatic rings. The van der Waals surface area contributed by atoms with Crippen molar-refractivity contribution in [1.29, 1.82) is 0 Å². The number of nitrogens with zero attached hydrogens (tertiary/aromatic N) is 1. The Kier molecular flexibility index (Phi) is 5.36. The van der Waals surface area contributed by atoms with E-state index in [0.29, 0.717) is 35.1 Å². The number of hydrogen-bond acceptors (Lipinski definition) is 5. The SMILES string of the molecule is COc1cc(C2c3c(oc4cc(C)c(C)cc4c3=O)C(=O)N2CCc2ccccc2)ccc1O. The van der Waals surface area contributed by atoms with Gasteiger partial charge in [-0.15, -0.1) is 0 Å². The maximum absolute atomic E-state index is 13.7. The van der Waals surface area contributed by atoms with Crippen LogP contribution in [0.1, 0.15) is 44.4 Å². The van der Waals surface area contributed by atoms with Gasteiger partial charge >= 0.3 is 0 Å². The molecule has 0 spiro atoms. The minimum Gasteiger partial charge on any atom is -0.504 e. The molecule has 0 radical (unpaired) electrons. The van der Waals surface area contributed by atoms with Crippen LogP contribution in [-0.2, 0) is 6.42 Å². The number of carbonyl (C=O) groups is 1. The number of benzene rings is 3. The van der Waals surface area contributed by atoms with Crippen molar-refractivity contribution < 1.29 is 19.1 Å². The third-order valence-corrected chi connectivity index (χ3v) is 6.59. The number of aromatic hydroxyl groups is 1. The fourth-order valence-electron chi connectivity index (χ4n) is 4.61. The summed E-state index contributed by atoms with van der Waals surface area (Å²) < 4.78 is 11.4. The molecule has 1 aliphatic heterocycles. The van der Waals surface area contributed by atoms with Crippen LogP contribution in [0.5, 0.6) is 11.5 Å². The predicted octanol–water partition coefficient (Wildman–Crippen LogP) is 4.91. The van der Waals surface area contributed by atoms with Crippen molar-refractivity contribution in [3.8, 4) is 11.5 Å². The zero-order chi connectivity index (χ0) is 24.0. The molecule has 6 heteroatoms. The molecule has 0 bridgehead atoms. The van der Waals surface area contributed by atoms with E-state index in [1.165, 1.54) is 13.2 Å². The van der Waals surface area contributed by atoms with Crippen molar-refractivity contribution >= 4 is 16.9 Å². The molecule has 1 unspecified atom stereocenters. The molecule has 2 heterocycles. The monoisotopic (exact) mass is 455 g/mol. The van der Waals surface area contributed by atoms with E-state index in [-0.39, 0.29) is 28.6 Å². The van der Waals surface area contributed by atoms with Gasteiger partial charge in [-0.2, -0.15) is 0 Å². The van der Waals surface area contributed by atoms with Crippen LogP contribution in [-0.4, -0.2) is 29.6 Å². The number of aryl methyl sites for hydroxylation is 2. The molecule has 172 valence electrons. The molecule has 1 atom stereocenters. The lowest BCUT2D eigenvalue weighted by molar-refractivity contribution is 0.0730. The Morgan fingerprint density at radius 3 is 2.47 bits per heavy atom. The van der Waals surface area contributed by atoms with Gasteiger partial charge in [0.1, 0.15) is 5.58 Å². The van der Waals surface area contributed by atoms with Crippen LogP contribution in [0, 0.1) is 13.8 Å². The van der Waals surface area contributed by atoms with Gasteiger partial charge in [0.2, 0.25) is 5.76 Å². The summed E-state index contributed by atoms with van der Waals surface area (Å²) in [6.07, 6.45) is 0.623. The Labute approximate surface area is 197 Å². The van der Waals surface area contributed by atoms with Crippen LogP contribution in [0.25, 0.3) is 11.0 Å². The van der Waals surface area contributed by atoms with E-state index in [2.05, 4.69) is 0 Å². The Hall–Kier alpha value is -4.06. The van der Waals surface area contributed by atoms with Gasteiger partial charge in [-0.1, -0.05) is 36.4 Å². The second-order valence-electron chi connectivity index (χ2n) is 8.67. The first-order valence-corrected chi connectivity index (χ1v) is 11.2. The van der Waals surface area contributed by atoms with Crippen LogP contribution >= 0.6 is 0 Å². The molecule has 0 saturated heterocycles. The third-order valence-electron chi connectivity index (χ3n) is 6.59. The van der Waals surface area contributed by atoms with E-state index in [1.54, 1.807) is 17.0 Å². The number of ether oxygens (including phenoxy) is 1. The van der Waals surface area contributed by atoms with E-state index in [1.807, 2.05) is 56.3 Å². The summed E-state index contributed by atoms with van der Waals surface area (Å²) >= 11 is 0. The molecule has 1 aliphatic rings. The molecule has 34 heavy (non-hydrogen) atoms. The maximum atomic E-state index is 13.7. The highest BCUT2D eigenvalue weighted by molar-refractivity contribution is 5.99. The Bertz CT molecular complexity index is 1470. The number of carbonyl (C=O) groups excluding carboxylic acids is 1. The molecular weight excluding hydrogens is 430 g/mol. The number of amides is 1. The highest BCUT2D eigenvalue weighted by atomic mass is 16.5. The van der Waals surface area contributed by atoms with Gasteiger partial charge in [-0.25, -0.2) is 0 Å². The van der Waals surface area contributed by atoms with Gasteiger partial charge in [-0.05, 0) is 66.8 Å². The number of phenols is 1. The number of methoxy groups -OCH3 is 1. The maximum Gasteiger partial charge on any atom is 0.290 e. The average Bonchev–Trinajstić information content (AvgIpc) is 3.12. The second-order valence-corrected chi connectivity index (χ2v) is 8.67. The summed E-state index contributed by atoms with van der Waals surface area (Å²) in [7, 11) is 1.47. The van der Waals surface area contributed by atoms with Crippen LogP contribution in [0.2, 0.25) is 0 Å². The van der Waals surface area contributed by atoms with E-state index < -0.39 is 6.04 Å². The summed E-state index contributed by atoms with van der Waals surface area (Å²) in [5, 5.41) is 10.6. The number of hydrogen-bond donors (Lipinski definition) is 1. The van der Waals surface area contributed by atoms with Crippen LogP contribution in [0.4, 0.5) is 0 Å². The highest BCUT2D eigenvalue weighted by Gasteiger charge is 2.42. The summed E-state index contributed by atoms with van der Waals surface area (Å²) in [4.78, 5) is 29.0. The fraction of sp³-hybridized carbons (Fsp3) is 0.214. The summed E-state index contributed by atoms with van der Waals surface area (Å²) in [6.45, 7) is 4.29. The molecule has 5 rings (SSSR count). The van der Waals surface area contributed by atoms with Gasteiger partial charge in [0.15, 0.2) is 16.9 Å². The minimum atomic E-state index is -0.650. The Morgan fingerprint density at radius 1 is 1.00 bits per heavy atom. The standard InChI is InChI=1S/C28H25NO5/c1-16-13-20-22(14-17(16)2)34-27-24(26(20)31)25(19-9-10-21(30)23(15-19)33-3)29(28(27)32)12-11-18-7-5-4-6-8-18/h4-10,13-15,25,30H,11-12H2,1-3H3. The molecule has 1 aromatic heterocycles. The summed E-state index contributed by atoms with van der Waals surface area (Å²) in [5.41, 5.74) is 4.24. The van der Waals surface area contributed by atoms with Crippen molar-refractivity contribution in [3.05, 3.63) is 104 Å². The molecule has 0 saturated carbocycles. The molecule has 0 aliphatic carbocycles. The first-order valence-electron chi connectivity index (χ1n) is 11.2. The first-order chi connectivity index (χ1) is 16.4. The van der Waals surface area contributed by atoms with Crippen LogP contribution in [0.3, 0.4) is 0 Å². The van der Waals surface area contributed by atoms with E-state index in [4.69, 9.17) is 9.15 Å². The topological polar surface area (TPSA) is 80.0 Å². The lowest BCUT2D eigenvalue weighted by Gasteiger charge is -2.25. The number of phenolic OH excluding ortho intramolecular Hbond substituents is 1. The third kappa shape index (κ3) is 3.52. The first kappa shape index (κ1) is 21.8. The van der Waals surface area contributed by atoms with Crippen LogP contribution in [0.15, 0.2) is 69.9 Å². The normalized spacial score (nSPS) is 15.1. The van der Waals surface area contributed by atoms with E-state index in [9.17, 15) is 14.7 Å². The largest absolute Gasteiger partial charge is 0.504 e. The fourth-order valence-corrected chi connectivity index (χ4v) is 4.61. The van der Waals surface area contributed by atoms with Crippen molar-refractivity contribution in [1.82, 2.24) is 4.90 Å². The molecular formula is C28H25NO5. The van der Waals surface area contributed by atoms with Gasteiger partial charge < -0.3 is 19.2 Å². The average molecular weight is 456 g/mol. The van der Waals surface area contributed by atoms with Gasteiger partial charge in [0.05, 0.1) is 24.1 Å². The van der Waals surface area contributed by atoms with Crippen molar-refractivity contribution in [2.45, 2.75) is 26.3 Å². The molecule has 3 aromatic carbocycles. The highest BCUT2D eigenvalue weighted by Crippen LogP contribution is 2.41. The van der Waals surface area contributed by atoms with Crippen LogP contribution < -0.4 is 10.2 Å². The van der Waals surface area contributed by atoms with Crippen molar-refractivity contribution in [2.24, 2.45) is 0 Å². The number of rotatable bonds is 5. The Balaban J connectivity index is 1.69. The molecule has 1 N–H and O–H groups in total. The summed E-state index contributed by atoms with van der Waals surface area (Å²) in [6, 6.07) is 17.8.